The lowest BCUT2D eigenvalue weighted by Crippen LogP contribution is -2.20. The molecule has 0 unspecified atom stereocenters. The molecule has 2 rings (SSSR count). The van der Waals surface area contributed by atoms with Gasteiger partial charge in [-0.1, -0.05) is 24.6 Å². The van der Waals surface area contributed by atoms with Gasteiger partial charge in [-0.15, -0.1) is 0 Å². The van der Waals surface area contributed by atoms with E-state index in [1.54, 1.807) is 0 Å². The average Bonchev–Trinajstić information content (AvgIpc) is 2.49. The summed E-state index contributed by atoms with van der Waals surface area (Å²) in [6, 6.07) is 10.1. The molecule has 22 heavy (non-hydrogen) atoms. The molecule has 0 bridgehead atoms. The Labute approximate surface area is 142 Å². The highest BCUT2D eigenvalue weighted by Crippen LogP contribution is 2.28. The van der Waals surface area contributed by atoms with Crippen molar-refractivity contribution in [3.8, 4) is 11.5 Å². The lowest BCUT2D eigenvalue weighted by Gasteiger charge is -2.11. The van der Waals surface area contributed by atoms with Gasteiger partial charge in [0.2, 0.25) is 0 Å². The van der Waals surface area contributed by atoms with E-state index in [1.807, 2.05) is 18.2 Å². The summed E-state index contributed by atoms with van der Waals surface area (Å²) in [4.78, 5) is 11.9. The summed E-state index contributed by atoms with van der Waals surface area (Å²) >= 11 is 9.23. The van der Waals surface area contributed by atoms with Gasteiger partial charge < -0.3 is 15.2 Å². The molecule has 0 radical (unpaired) electrons. The van der Waals surface area contributed by atoms with E-state index in [9.17, 15) is 9.90 Å². The maximum Gasteiger partial charge on any atom is 0.262 e. The topological polar surface area (TPSA) is 58.6 Å². The average molecular weight is 385 g/mol. The Hall–Kier alpha value is -1.72. The SMILES string of the molecule is CCc1ccc(OCC(=O)Nc2cc(Cl)ccc2O)c(Br)c1. The van der Waals surface area contributed by atoms with E-state index in [2.05, 4.69) is 28.2 Å². The van der Waals surface area contributed by atoms with Gasteiger partial charge in [0.15, 0.2) is 6.61 Å². The molecule has 0 aliphatic carbocycles. The normalized spacial score (nSPS) is 10.3. The van der Waals surface area contributed by atoms with Crippen LogP contribution in [0.3, 0.4) is 0 Å². The summed E-state index contributed by atoms with van der Waals surface area (Å²) in [5, 5.41) is 12.6. The largest absolute Gasteiger partial charge is 0.506 e. The fourth-order valence-corrected chi connectivity index (χ4v) is 2.53. The Balaban J connectivity index is 1.97. The Morgan fingerprint density at radius 1 is 1.32 bits per heavy atom. The van der Waals surface area contributed by atoms with Crippen molar-refractivity contribution in [3.63, 3.8) is 0 Å². The first-order valence-corrected chi connectivity index (χ1v) is 7.86. The van der Waals surface area contributed by atoms with Crippen molar-refractivity contribution in [3.05, 3.63) is 51.5 Å². The zero-order valence-electron chi connectivity index (χ0n) is 11.9. The maximum atomic E-state index is 11.9. The van der Waals surface area contributed by atoms with E-state index in [0.29, 0.717) is 10.8 Å². The van der Waals surface area contributed by atoms with E-state index in [4.69, 9.17) is 16.3 Å². The number of anilines is 1. The standard InChI is InChI=1S/C16H15BrClNO3/c1-2-10-3-6-15(12(17)7-10)22-9-16(21)19-13-8-11(18)4-5-14(13)20/h3-8,20H,2,9H2,1H3,(H,19,21). The van der Waals surface area contributed by atoms with Gasteiger partial charge in [0.1, 0.15) is 11.5 Å². The van der Waals surface area contributed by atoms with Gasteiger partial charge in [0.25, 0.3) is 5.91 Å². The van der Waals surface area contributed by atoms with E-state index in [1.165, 1.54) is 23.8 Å². The van der Waals surface area contributed by atoms with Crippen molar-refractivity contribution < 1.29 is 14.6 Å². The highest BCUT2D eigenvalue weighted by atomic mass is 79.9. The highest BCUT2D eigenvalue weighted by Gasteiger charge is 2.09. The van der Waals surface area contributed by atoms with Crippen LogP contribution >= 0.6 is 27.5 Å². The van der Waals surface area contributed by atoms with Crippen LogP contribution in [0.15, 0.2) is 40.9 Å². The van der Waals surface area contributed by atoms with Crippen LogP contribution in [0, 0.1) is 0 Å². The number of carbonyl (C=O) groups excluding carboxylic acids is 1. The summed E-state index contributed by atoms with van der Waals surface area (Å²) in [5.74, 6) is 0.151. The number of ether oxygens (including phenoxy) is 1. The number of phenols is 1. The van der Waals surface area contributed by atoms with Gasteiger partial charge >= 0.3 is 0 Å². The number of benzene rings is 2. The minimum absolute atomic E-state index is 0.0498. The van der Waals surface area contributed by atoms with Crippen LogP contribution < -0.4 is 10.1 Å². The quantitative estimate of drug-likeness (QED) is 0.752. The zero-order valence-corrected chi connectivity index (χ0v) is 14.2. The summed E-state index contributed by atoms with van der Waals surface area (Å²) in [5.41, 5.74) is 1.43. The molecule has 0 saturated carbocycles. The minimum Gasteiger partial charge on any atom is -0.506 e. The van der Waals surface area contributed by atoms with Gasteiger partial charge in [-0.25, -0.2) is 0 Å². The van der Waals surface area contributed by atoms with E-state index >= 15 is 0 Å². The number of hydrogen-bond donors (Lipinski definition) is 2. The smallest absolute Gasteiger partial charge is 0.262 e. The van der Waals surface area contributed by atoms with E-state index in [0.717, 1.165) is 10.9 Å². The number of hydrogen-bond acceptors (Lipinski definition) is 3. The van der Waals surface area contributed by atoms with Gasteiger partial charge in [-0.2, -0.15) is 0 Å². The number of carbonyl (C=O) groups is 1. The van der Waals surface area contributed by atoms with Crippen molar-refractivity contribution in [2.45, 2.75) is 13.3 Å². The number of aromatic hydroxyl groups is 1. The second kappa shape index (κ2) is 7.51. The number of phenolic OH excluding ortho intramolecular Hbond substituents is 1. The second-order valence-electron chi connectivity index (χ2n) is 4.62. The molecule has 2 aromatic rings. The lowest BCUT2D eigenvalue weighted by molar-refractivity contribution is -0.118. The minimum atomic E-state index is -0.385. The Bertz CT molecular complexity index is 691. The van der Waals surface area contributed by atoms with Gasteiger partial charge in [0, 0.05) is 5.02 Å². The van der Waals surface area contributed by atoms with Crippen LogP contribution in [-0.4, -0.2) is 17.6 Å². The number of amides is 1. The fraction of sp³-hybridized carbons (Fsp3) is 0.188. The van der Waals surface area contributed by atoms with Crippen molar-refractivity contribution in [2.24, 2.45) is 0 Å². The number of nitrogens with one attached hydrogen (secondary N) is 1. The molecule has 0 aliphatic heterocycles. The maximum absolute atomic E-state index is 11.9. The van der Waals surface area contributed by atoms with Gasteiger partial charge in [-0.3, -0.25) is 4.79 Å². The van der Waals surface area contributed by atoms with Crippen molar-refractivity contribution in [2.75, 3.05) is 11.9 Å². The summed E-state index contributed by atoms with van der Waals surface area (Å²) < 4.78 is 6.26. The molecule has 4 nitrogen and oxygen atoms in total. The van der Waals surface area contributed by atoms with Gasteiger partial charge in [0.05, 0.1) is 10.2 Å². The monoisotopic (exact) mass is 383 g/mol. The van der Waals surface area contributed by atoms with Crippen LogP contribution in [0.25, 0.3) is 0 Å². The molecule has 0 spiro atoms. The first-order chi connectivity index (χ1) is 10.5. The number of aryl methyl sites for hydroxylation is 1. The van der Waals surface area contributed by atoms with Crippen molar-refractivity contribution in [1.29, 1.82) is 0 Å². The van der Waals surface area contributed by atoms with Crippen LogP contribution in [0.1, 0.15) is 12.5 Å². The van der Waals surface area contributed by atoms with E-state index < -0.39 is 0 Å². The molecule has 2 aromatic carbocycles. The summed E-state index contributed by atoms with van der Waals surface area (Å²) in [6.07, 6.45) is 0.924. The predicted octanol–water partition coefficient (Wildman–Crippen LogP) is 4.39. The Morgan fingerprint density at radius 3 is 2.77 bits per heavy atom. The molecular formula is C16H15BrClNO3. The molecule has 0 aliphatic rings. The molecule has 0 aromatic heterocycles. The lowest BCUT2D eigenvalue weighted by atomic mass is 10.2. The number of halogens is 2. The summed E-state index contributed by atoms with van der Waals surface area (Å²) in [6.45, 7) is 1.89. The molecule has 116 valence electrons. The van der Waals surface area contributed by atoms with Crippen LogP contribution in [0.2, 0.25) is 5.02 Å². The third-order valence-corrected chi connectivity index (χ3v) is 3.85. The number of rotatable bonds is 5. The first kappa shape index (κ1) is 16.6. The van der Waals surface area contributed by atoms with Crippen LogP contribution in [0.4, 0.5) is 5.69 Å². The third-order valence-electron chi connectivity index (χ3n) is 3.00. The van der Waals surface area contributed by atoms with Crippen LogP contribution in [0.5, 0.6) is 11.5 Å². The molecule has 0 atom stereocenters. The summed E-state index contributed by atoms with van der Waals surface area (Å²) in [7, 11) is 0. The second-order valence-corrected chi connectivity index (χ2v) is 5.91. The van der Waals surface area contributed by atoms with Gasteiger partial charge in [-0.05, 0) is 58.2 Å². The third kappa shape index (κ3) is 4.39. The van der Waals surface area contributed by atoms with Crippen molar-refractivity contribution >= 4 is 39.1 Å². The molecule has 0 heterocycles. The molecule has 0 fully saturated rings. The highest BCUT2D eigenvalue weighted by molar-refractivity contribution is 9.10. The predicted molar refractivity (Wildman–Crippen MR) is 90.8 cm³/mol. The Morgan fingerprint density at radius 2 is 2.09 bits per heavy atom. The molecular weight excluding hydrogens is 370 g/mol. The van der Waals surface area contributed by atoms with Crippen molar-refractivity contribution in [1.82, 2.24) is 0 Å². The van der Waals surface area contributed by atoms with Crippen LogP contribution in [-0.2, 0) is 11.2 Å². The first-order valence-electron chi connectivity index (χ1n) is 6.69. The molecule has 1 amide bonds. The molecule has 2 N–H and O–H groups in total. The Kier molecular flexibility index (Phi) is 5.69. The molecule has 0 saturated heterocycles. The molecule has 6 heteroatoms. The zero-order chi connectivity index (χ0) is 16.1. The fourth-order valence-electron chi connectivity index (χ4n) is 1.82. The van der Waals surface area contributed by atoms with E-state index in [-0.39, 0.29) is 24.0 Å².